The minimum absolute atomic E-state index is 0.0583. The Balaban J connectivity index is 1.34. The quantitative estimate of drug-likeness (QED) is 0.599. The lowest BCUT2D eigenvalue weighted by Crippen LogP contribution is -2.41. The van der Waals surface area contributed by atoms with E-state index in [4.69, 9.17) is 4.74 Å². The molecule has 0 spiro atoms. The molecule has 1 aliphatic rings. The number of nitrogens with zero attached hydrogens (tertiary/aromatic N) is 4. The van der Waals surface area contributed by atoms with E-state index in [1.54, 1.807) is 23.8 Å². The number of rotatable bonds is 7. The van der Waals surface area contributed by atoms with E-state index in [1.165, 1.54) is 23.5 Å². The van der Waals surface area contributed by atoms with Crippen molar-refractivity contribution in [3.05, 3.63) is 36.3 Å². The number of aromatic nitrogens is 3. The predicted octanol–water partition coefficient (Wildman–Crippen LogP) is 2.97. The smallest absolute Gasteiger partial charge is 0.223 e. The number of anilines is 1. The lowest BCUT2D eigenvalue weighted by molar-refractivity contribution is -0.125. The molecule has 0 aliphatic carbocycles. The second kappa shape index (κ2) is 8.87. The number of piperidine rings is 1. The Morgan fingerprint density at radius 2 is 2.07 bits per heavy atom. The van der Waals surface area contributed by atoms with Crippen LogP contribution in [-0.4, -0.2) is 53.9 Å². The van der Waals surface area contributed by atoms with E-state index in [0.29, 0.717) is 13.2 Å². The third-order valence-corrected chi connectivity index (χ3v) is 6.12. The molecule has 1 aromatic carbocycles. The van der Waals surface area contributed by atoms with Gasteiger partial charge in [0.25, 0.3) is 0 Å². The Labute approximate surface area is 172 Å². The molecule has 0 bridgehead atoms. The molecule has 7 nitrogen and oxygen atoms in total. The van der Waals surface area contributed by atoms with Crippen molar-refractivity contribution in [3.63, 3.8) is 0 Å². The minimum Gasteiger partial charge on any atom is -0.385 e. The van der Waals surface area contributed by atoms with Gasteiger partial charge >= 0.3 is 0 Å². The third-order valence-electron chi connectivity index (χ3n) is 5.13. The van der Waals surface area contributed by atoms with Gasteiger partial charge in [-0.25, -0.2) is 13.9 Å². The van der Waals surface area contributed by atoms with Gasteiger partial charge in [-0.2, -0.15) is 0 Å². The molecule has 154 valence electrons. The molecular weight excluding hydrogens is 393 g/mol. The zero-order chi connectivity index (χ0) is 20.2. The van der Waals surface area contributed by atoms with E-state index in [-0.39, 0.29) is 17.6 Å². The number of hydrogen-bond donors (Lipinski definition) is 1. The van der Waals surface area contributed by atoms with Crippen molar-refractivity contribution in [3.8, 4) is 11.3 Å². The fourth-order valence-electron chi connectivity index (χ4n) is 3.48. The van der Waals surface area contributed by atoms with Crippen LogP contribution in [0.25, 0.3) is 16.2 Å². The van der Waals surface area contributed by atoms with Gasteiger partial charge in [-0.3, -0.25) is 4.79 Å². The number of carbonyl (C=O) groups excluding carboxylic acids is 1. The molecule has 29 heavy (non-hydrogen) atoms. The van der Waals surface area contributed by atoms with Gasteiger partial charge in [-0.1, -0.05) is 11.3 Å². The fraction of sp³-hybridized carbons (Fsp3) is 0.450. The van der Waals surface area contributed by atoms with Crippen molar-refractivity contribution in [2.24, 2.45) is 5.92 Å². The summed E-state index contributed by atoms with van der Waals surface area (Å²) >= 11 is 1.53. The molecule has 0 radical (unpaired) electrons. The van der Waals surface area contributed by atoms with Gasteiger partial charge in [0.05, 0.1) is 11.9 Å². The molecule has 0 atom stereocenters. The zero-order valence-electron chi connectivity index (χ0n) is 16.3. The zero-order valence-corrected chi connectivity index (χ0v) is 17.1. The average Bonchev–Trinajstić information content (AvgIpc) is 3.31. The van der Waals surface area contributed by atoms with Crippen LogP contribution in [0, 0.1) is 11.7 Å². The first-order valence-corrected chi connectivity index (χ1v) is 10.6. The molecule has 1 N–H and O–H groups in total. The molecule has 0 saturated carbocycles. The van der Waals surface area contributed by atoms with Crippen molar-refractivity contribution in [2.45, 2.75) is 19.3 Å². The van der Waals surface area contributed by atoms with Crippen LogP contribution in [-0.2, 0) is 9.53 Å². The fourth-order valence-corrected chi connectivity index (χ4v) is 4.42. The summed E-state index contributed by atoms with van der Waals surface area (Å²) in [7, 11) is 1.66. The van der Waals surface area contributed by atoms with E-state index in [0.717, 1.165) is 53.7 Å². The molecule has 1 saturated heterocycles. The number of methoxy groups -OCH3 is 1. The molecule has 3 heterocycles. The molecule has 1 aliphatic heterocycles. The van der Waals surface area contributed by atoms with Crippen LogP contribution in [0.3, 0.4) is 0 Å². The van der Waals surface area contributed by atoms with Crippen molar-refractivity contribution in [1.82, 2.24) is 19.9 Å². The van der Waals surface area contributed by atoms with E-state index < -0.39 is 0 Å². The van der Waals surface area contributed by atoms with Crippen molar-refractivity contribution >= 4 is 27.3 Å². The van der Waals surface area contributed by atoms with Crippen LogP contribution in [0.5, 0.6) is 0 Å². The Morgan fingerprint density at radius 3 is 2.76 bits per heavy atom. The summed E-state index contributed by atoms with van der Waals surface area (Å²) in [6, 6.07) is 6.29. The predicted molar refractivity (Wildman–Crippen MR) is 111 cm³/mol. The Kier molecular flexibility index (Phi) is 6.05. The summed E-state index contributed by atoms with van der Waals surface area (Å²) in [5, 5.41) is 8.56. The first kappa shape index (κ1) is 19.8. The van der Waals surface area contributed by atoms with Gasteiger partial charge < -0.3 is 15.0 Å². The van der Waals surface area contributed by atoms with Gasteiger partial charge in [-0.05, 0) is 43.5 Å². The topological polar surface area (TPSA) is 71.8 Å². The lowest BCUT2D eigenvalue weighted by atomic mass is 9.96. The van der Waals surface area contributed by atoms with Crippen molar-refractivity contribution < 1.29 is 13.9 Å². The molecule has 1 amide bonds. The number of benzene rings is 1. The standard InChI is InChI=1S/C20H24FN5O2S/c1-28-12-2-9-22-18(27)15-7-10-25(11-8-15)20-24-26-13-17(23-19(26)29-20)14-3-5-16(21)6-4-14/h3-6,13,15H,2,7-12H2,1H3,(H,22,27). The Hall–Kier alpha value is -2.52. The number of carbonyl (C=O) groups is 1. The molecule has 1 fully saturated rings. The number of ether oxygens (including phenoxy) is 1. The van der Waals surface area contributed by atoms with E-state index in [1.807, 2.05) is 6.20 Å². The van der Waals surface area contributed by atoms with E-state index in [9.17, 15) is 9.18 Å². The third kappa shape index (κ3) is 4.56. The van der Waals surface area contributed by atoms with Crippen LogP contribution < -0.4 is 10.2 Å². The Morgan fingerprint density at radius 1 is 1.31 bits per heavy atom. The largest absolute Gasteiger partial charge is 0.385 e. The molecule has 2 aromatic heterocycles. The first-order valence-electron chi connectivity index (χ1n) is 9.78. The van der Waals surface area contributed by atoms with Crippen LogP contribution in [0.15, 0.2) is 30.5 Å². The van der Waals surface area contributed by atoms with E-state index in [2.05, 4.69) is 20.3 Å². The minimum atomic E-state index is -0.262. The van der Waals surface area contributed by atoms with Gasteiger partial charge in [0.2, 0.25) is 16.0 Å². The number of amides is 1. The van der Waals surface area contributed by atoms with Crippen LogP contribution in [0.4, 0.5) is 9.52 Å². The van der Waals surface area contributed by atoms with Crippen LogP contribution >= 0.6 is 11.3 Å². The SMILES string of the molecule is COCCCNC(=O)C1CCN(c2nn3cc(-c4ccc(F)cc4)nc3s2)CC1. The highest BCUT2D eigenvalue weighted by Crippen LogP contribution is 2.29. The molecule has 0 unspecified atom stereocenters. The van der Waals surface area contributed by atoms with E-state index >= 15 is 0 Å². The highest BCUT2D eigenvalue weighted by atomic mass is 32.1. The Bertz CT molecular complexity index is 932. The maximum absolute atomic E-state index is 13.1. The summed E-state index contributed by atoms with van der Waals surface area (Å²) in [6.45, 7) is 2.93. The van der Waals surface area contributed by atoms with Gasteiger partial charge in [0.15, 0.2) is 0 Å². The maximum Gasteiger partial charge on any atom is 0.223 e. The average molecular weight is 418 g/mol. The maximum atomic E-state index is 13.1. The van der Waals surface area contributed by atoms with Crippen LogP contribution in [0.1, 0.15) is 19.3 Å². The highest BCUT2D eigenvalue weighted by Gasteiger charge is 2.26. The summed E-state index contributed by atoms with van der Waals surface area (Å²) in [4.78, 5) is 19.9. The molecule has 3 aromatic rings. The number of hydrogen-bond acceptors (Lipinski definition) is 6. The van der Waals surface area contributed by atoms with Crippen molar-refractivity contribution in [2.75, 3.05) is 38.3 Å². The lowest BCUT2D eigenvalue weighted by Gasteiger charge is -2.30. The van der Waals surface area contributed by atoms with Crippen molar-refractivity contribution in [1.29, 1.82) is 0 Å². The van der Waals surface area contributed by atoms with Gasteiger partial charge in [0, 0.05) is 44.8 Å². The van der Waals surface area contributed by atoms with Gasteiger partial charge in [-0.15, -0.1) is 5.10 Å². The second-order valence-electron chi connectivity index (χ2n) is 7.14. The first-order chi connectivity index (χ1) is 14.1. The van der Waals surface area contributed by atoms with Gasteiger partial charge in [0.1, 0.15) is 5.82 Å². The summed E-state index contributed by atoms with van der Waals surface area (Å²) in [5.74, 6) is -0.0659. The molecule has 4 rings (SSSR count). The second-order valence-corrected chi connectivity index (χ2v) is 8.08. The highest BCUT2D eigenvalue weighted by molar-refractivity contribution is 7.20. The monoisotopic (exact) mass is 417 g/mol. The molecular formula is C20H24FN5O2S. The number of halogens is 1. The number of nitrogens with one attached hydrogen (secondary N) is 1. The summed E-state index contributed by atoms with van der Waals surface area (Å²) < 4.78 is 19.9. The molecule has 9 heteroatoms. The number of imidazole rings is 1. The normalized spacial score (nSPS) is 15.2. The van der Waals surface area contributed by atoms with Crippen LogP contribution in [0.2, 0.25) is 0 Å². The summed E-state index contributed by atoms with van der Waals surface area (Å²) in [6.07, 6.45) is 4.33. The summed E-state index contributed by atoms with van der Waals surface area (Å²) in [5.41, 5.74) is 1.64. The number of fused-ring (bicyclic) bond motifs is 1.